The van der Waals surface area contributed by atoms with Crippen molar-refractivity contribution in [3.05, 3.63) is 34.8 Å². The number of para-hydroxylation sites is 1. The van der Waals surface area contributed by atoms with Gasteiger partial charge < -0.3 is 10.8 Å². The van der Waals surface area contributed by atoms with Gasteiger partial charge in [-0.1, -0.05) is 29.5 Å². The summed E-state index contributed by atoms with van der Waals surface area (Å²) in [5.74, 6) is 0.328. The summed E-state index contributed by atoms with van der Waals surface area (Å²) in [6.07, 6.45) is 2.00. The Balaban J connectivity index is 2.10. The fourth-order valence-corrected chi connectivity index (χ4v) is 2.90. The smallest absolute Gasteiger partial charge is 0.203 e. The van der Waals surface area contributed by atoms with Crippen LogP contribution in [0.4, 0.5) is 5.13 Å². The van der Waals surface area contributed by atoms with E-state index in [1.807, 2.05) is 18.2 Å². The van der Waals surface area contributed by atoms with Gasteiger partial charge in [0.1, 0.15) is 10.8 Å². The molecule has 1 saturated carbocycles. The van der Waals surface area contributed by atoms with E-state index >= 15 is 0 Å². The number of nitrogen functional groups attached to an aromatic ring is 1. The van der Waals surface area contributed by atoms with E-state index in [1.54, 1.807) is 6.07 Å². The quantitative estimate of drug-likeness (QED) is 0.831. The first-order chi connectivity index (χ1) is 7.72. The monoisotopic (exact) mass is 233 g/mol. The van der Waals surface area contributed by atoms with Crippen LogP contribution >= 0.6 is 11.3 Å². The van der Waals surface area contributed by atoms with Crippen molar-refractivity contribution in [3.8, 4) is 5.75 Å². The Hall–Kier alpha value is -1.62. The van der Waals surface area contributed by atoms with E-state index in [2.05, 4.69) is 10.2 Å². The highest BCUT2D eigenvalue weighted by atomic mass is 32.1. The lowest BCUT2D eigenvalue weighted by Crippen LogP contribution is -2.08. The molecule has 1 aliphatic rings. The maximum atomic E-state index is 9.88. The highest BCUT2D eigenvalue weighted by molar-refractivity contribution is 7.15. The average Bonchev–Trinajstić information content (AvgIpc) is 2.96. The van der Waals surface area contributed by atoms with Crippen molar-refractivity contribution in [2.75, 3.05) is 5.73 Å². The fourth-order valence-electron chi connectivity index (χ4n) is 2.03. The number of phenolic OH excluding ortho intramolecular Hbond substituents is 1. The number of aromatic nitrogens is 2. The van der Waals surface area contributed by atoms with Crippen LogP contribution in [0.2, 0.25) is 0 Å². The molecule has 5 heteroatoms. The van der Waals surface area contributed by atoms with Gasteiger partial charge in [-0.25, -0.2) is 0 Å². The maximum absolute atomic E-state index is 9.88. The predicted octanol–water partition coefficient (Wildman–Crippen LogP) is 1.91. The Morgan fingerprint density at radius 1 is 1.25 bits per heavy atom. The number of hydrogen-bond donors (Lipinski definition) is 2. The van der Waals surface area contributed by atoms with Gasteiger partial charge in [-0.3, -0.25) is 0 Å². The van der Waals surface area contributed by atoms with Crippen molar-refractivity contribution in [2.24, 2.45) is 0 Å². The minimum atomic E-state index is -0.138. The standard InChI is InChI=1S/C11H11N3OS/c12-10-14-13-9(16-10)11(5-6-11)7-3-1-2-4-8(7)15/h1-4,15H,5-6H2,(H2,12,14). The highest BCUT2D eigenvalue weighted by Crippen LogP contribution is 2.56. The Kier molecular flexibility index (Phi) is 1.91. The van der Waals surface area contributed by atoms with Gasteiger partial charge in [-0.05, 0) is 18.9 Å². The average molecular weight is 233 g/mol. The van der Waals surface area contributed by atoms with E-state index in [9.17, 15) is 5.11 Å². The number of phenols is 1. The minimum absolute atomic E-state index is 0.138. The molecule has 1 aromatic heterocycles. The first-order valence-corrected chi connectivity index (χ1v) is 5.92. The summed E-state index contributed by atoms with van der Waals surface area (Å²) in [4.78, 5) is 0. The molecular weight excluding hydrogens is 222 g/mol. The molecule has 1 aromatic carbocycles. The van der Waals surface area contributed by atoms with Gasteiger partial charge in [-0.2, -0.15) is 0 Å². The summed E-state index contributed by atoms with van der Waals surface area (Å²) in [5.41, 5.74) is 6.40. The largest absolute Gasteiger partial charge is 0.508 e. The predicted molar refractivity (Wildman–Crippen MR) is 62.4 cm³/mol. The summed E-state index contributed by atoms with van der Waals surface area (Å²) in [6.45, 7) is 0. The van der Waals surface area contributed by atoms with E-state index in [1.165, 1.54) is 11.3 Å². The number of aromatic hydroxyl groups is 1. The van der Waals surface area contributed by atoms with Crippen molar-refractivity contribution in [2.45, 2.75) is 18.3 Å². The lowest BCUT2D eigenvalue weighted by Gasteiger charge is -2.13. The van der Waals surface area contributed by atoms with E-state index < -0.39 is 0 Å². The second-order valence-electron chi connectivity index (χ2n) is 4.04. The molecule has 2 aromatic rings. The van der Waals surface area contributed by atoms with Crippen LogP contribution in [-0.2, 0) is 5.41 Å². The summed E-state index contributed by atoms with van der Waals surface area (Å²) < 4.78 is 0. The summed E-state index contributed by atoms with van der Waals surface area (Å²) >= 11 is 1.41. The van der Waals surface area contributed by atoms with Crippen molar-refractivity contribution in [3.63, 3.8) is 0 Å². The van der Waals surface area contributed by atoms with Crippen molar-refractivity contribution >= 4 is 16.5 Å². The molecule has 0 bridgehead atoms. The molecule has 3 rings (SSSR count). The zero-order valence-corrected chi connectivity index (χ0v) is 9.37. The van der Waals surface area contributed by atoms with Crippen LogP contribution in [0.5, 0.6) is 5.75 Å². The molecule has 1 aliphatic carbocycles. The van der Waals surface area contributed by atoms with E-state index in [0.717, 1.165) is 23.4 Å². The van der Waals surface area contributed by atoms with Gasteiger partial charge in [-0.15, -0.1) is 10.2 Å². The molecular formula is C11H11N3OS. The lowest BCUT2D eigenvalue weighted by atomic mass is 9.96. The van der Waals surface area contributed by atoms with Gasteiger partial charge in [0.15, 0.2) is 0 Å². The van der Waals surface area contributed by atoms with Crippen LogP contribution in [0, 0.1) is 0 Å². The van der Waals surface area contributed by atoms with Gasteiger partial charge in [0, 0.05) is 5.56 Å². The zero-order valence-electron chi connectivity index (χ0n) is 8.55. The lowest BCUT2D eigenvalue weighted by molar-refractivity contribution is 0.463. The zero-order chi connectivity index (χ0) is 11.2. The molecule has 0 atom stereocenters. The molecule has 3 N–H and O–H groups in total. The Morgan fingerprint density at radius 2 is 2.00 bits per heavy atom. The third-order valence-corrected chi connectivity index (χ3v) is 3.98. The Morgan fingerprint density at radius 3 is 2.56 bits per heavy atom. The van der Waals surface area contributed by atoms with Gasteiger partial charge >= 0.3 is 0 Å². The van der Waals surface area contributed by atoms with Crippen molar-refractivity contribution in [1.29, 1.82) is 0 Å². The van der Waals surface area contributed by atoms with E-state index in [-0.39, 0.29) is 5.41 Å². The molecule has 0 aliphatic heterocycles. The number of nitrogens with zero attached hydrogens (tertiary/aromatic N) is 2. The third kappa shape index (κ3) is 1.28. The number of rotatable bonds is 2. The van der Waals surface area contributed by atoms with Crippen LogP contribution in [0.25, 0.3) is 0 Å². The van der Waals surface area contributed by atoms with Crippen molar-refractivity contribution < 1.29 is 5.11 Å². The number of benzene rings is 1. The summed E-state index contributed by atoms with van der Waals surface area (Å²) in [7, 11) is 0. The SMILES string of the molecule is Nc1nnc(C2(c3ccccc3O)CC2)s1. The normalized spacial score (nSPS) is 17.2. The molecule has 82 valence electrons. The number of hydrogen-bond acceptors (Lipinski definition) is 5. The second kappa shape index (κ2) is 3.18. The minimum Gasteiger partial charge on any atom is -0.508 e. The Bertz CT molecular complexity index is 534. The van der Waals surface area contributed by atoms with E-state index in [4.69, 9.17) is 5.73 Å². The first-order valence-electron chi connectivity index (χ1n) is 5.10. The van der Waals surface area contributed by atoms with Crippen LogP contribution in [0.15, 0.2) is 24.3 Å². The molecule has 1 heterocycles. The van der Waals surface area contributed by atoms with Crippen molar-refractivity contribution in [1.82, 2.24) is 10.2 Å². The number of anilines is 1. The van der Waals surface area contributed by atoms with Gasteiger partial charge in [0.25, 0.3) is 0 Å². The molecule has 1 fully saturated rings. The number of nitrogens with two attached hydrogens (primary N) is 1. The topological polar surface area (TPSA) is 72.0 Å². The third-order valence-electron chi connectivity index (χ3n) is 3.02. The molecule has 0 spiro atoms. The Labute approximate surface area is 96.8 Å². The van der Waals surface area contributed by atoms with Crippen LogP contribution in [0.3, 0.4) is 0 Å². The van der Waals surface area contributed by atoms with Crippen LogP contribution < -0.4 is 5.73 Å². The van der Waals surface area contributed by atoms with E-state index in [0.29, 0.717) is 10.9 Å². The molecule has 0 amide bonds. The summed E-state index contributed by atoms with van der Waals surface area (Å²) in [6, 6.07) is 7.41. The molecule has 0 radical (unpaired) electrons. The fraction of sp³-hybridized carbons (Fsp3) is 0.273. The van der Waals surface area contributed by atoms with Gasteiger partial charge in [0.05, 0.1) is 5.41 Å². The molecule has 0 saturated heterocycles. The highest BCUT2D eigenvalue weighted by Gasteiger charge is 2.50. The van der Waals surface area contributed by atoms with Gasteiger partial charge in [0.2, 0.25) is 5.13 Å². The first kappa shape index (κ1) is 9.59. The maximum Gasteiger partial charge on any atom is 0.203 e. The van der Waals surface area contributed by atoms with Crippen LogP contribution in [0.1, 0.15) is 23.4 Å². The molecule has 16 heavy (non-hydrogen) atoms. The second-order valence-corrected chi connectivity index (χ2v) is 5.05. The summed E-state index contributed by atoms with van der Waals surface area (Å²) in [5, 5.41) is 19.2. The van der Waals surface area contributed by atoms with Crippen LogP contribution in [-0.4, -0.2) is 15.3 Å². The molecule has 4 nitrogen and oxygen atoms in total. The molecule has 0 unspecified atom stereocenters.